The van der Waals surface area contributed by atoms with E-state index in [9.17, 15) is 9.59 Å². The van der Waals surface area contributed by atoms with Crippen molar-refractivity contribution in [1.82, 2.24) is 4.90 Å². The molecule has 0 bridgehead atoms. The standard InChI is InChI=1S/C15H15ClN2O3/c16-12-1-2-13-10(6-12)5-11(8-21-13)15(20)18-4-3-9(7-18)14(17)19/h1-2,5-6,9H,3-4,7-8H2,(H2,17,19). The zero-order valence-electron chi connectivity index (χ0n) is 11.3. The molecule has 5 nitrogen and oxygen atoms in total. The summed E-state index contributed by atoms with van der Waals surface area (Å²) in [6, 6.07) is 5.30. The first-order valence-electron chi connectivity index (χ1n) is 6.76. The maximum atomic E-state index is 12.5. The highest BCUT2D eigenvalue weighted by atomic mass is 35.5. The van der Waals surface area contributed by atoms with Crippen LogP contribution in [0.1, 0.15) is 12.0 Å². The van der Waals surface area contributed by atoms with Gasteiger partial charge in [-0.05, 0) is 30.7 Å². The summed E-state index contributed by atoms with van der Waals surface area (Å²) in [6.45, 7) is 1.16. The predicted octanol–water partition coefficient (Wildman–Crippen LogP) is 1.45. The molecule has 2 aliphatic rings. The third-order valence-corrected chi connectivity index (χ3v) is 4.07. The number of rotatable bonds is 2. The minimum Gasteiger partial charge on any atom is -0.488 e. The summed E-state index contributed by atoms with van der Waals surface area (Å²) in [7, 11) is 0. The number of halogens is 1. The third-order valence-electron chi connectivity index (χ3n) is 3.84. The Kier molecular flexibility index (Phi) is 3.59. The number of benzene rings is 1. The number of hydrogen-bond acceptors (Lipinski definition) is 3. The van der Waals surface area contributed by atoms with E-state index < -0.39 is 0 Å². The van der Waals surface area contributed by atoms with Crippen molar-refractivity contribution in [3.8, 4) is 5.75 Å². The first-order chi connectivity index (χ1) is 10.0. The van der Waals surface area contributed by atoms with Gasteiger partial charge < -0.3 is 15.4 Å². The zero-order chi connectivity index (χ0) is 15.0. The van der Waals surface area contributed by atoms with E-state index in [4.69, 9.17) is 22.1 Å². The molecule has 2 amide bonds. The Balaban J connectivity index is 1.79. The molecule has 0 saturated carbocycles. The predicted molar refractivity (Wildman–Crippen MR) is 78.8 cm³/mol. The van der Waals surface area contributed by atoms with Crippen molar-refractivity contribution in [3.63, 3.8) is 0 Å². The molecule has 2 N–H and O–H groups in total. The average molecular weight is 307 g/mol. The van der Waals surface area contributed by atoms with Gasteiger partial charge in [-0.25, -0.2) is 0 Å². The number of amides is 2. The quantitative estimate of drug-likeness (QED) is 0.899. The molecule has 0 radical (unpaired) electrons. The summed E-state index contributed by atoms with van der Waals surface area (Å²) in [5.41, 5.74) is 6.65. The number of likely N-dealkylation sites (tertiary alicyclic amines) is 1. The van der Waals surface area contributed by atoms with E-state index in [0.717, 1.165) is 5.56 Å². The lowest BCUT2D eigenvalue weighted by Crippen LogP contribution is -2.34. The van der Waals surface area contributed by atoms with Crippen molar-refractivity contribution in [2.45, 2.75) is 6.42 Å². The van der Waals surface area contributed by atoms with Crippen LogP contribution in [-0.4, -0.2) is 36.4 Å². The molecule has 21 heavy (non-hydrogen) atoms. The molecular weight excluding hydrogens is 292 g/mol. The number of nitrogens with two attached hydrogens (primary N) is 1. The second kappa shape index (κ2) is 5.41. The van der Waals surface area contributed by atoms with Gasteiger partial charge in [0.1, 0.15) is 12.4 Å². The Bertz CT molecular complexity index is 642. The highest BCUT2D eigenvalue weighted by molar-refractivity contribution is 6.30. The van der Waals surface area contributed by atoms with Crippen molar-refractivity contribution < 1.29 is 14.3 Å². The summed E-state index contributed by atoms with van der Waals surface area (Å²) in [6.07, 6.45) is 2.42. The topological polar surface area (TPSA) is 72.6 Å². The van der Waals surface area contributed by atoms with E-state index in [-0.39, 0.29) is 24.3 Å². The van der Waals surface area contributed by atoms with Crippen LogP contribution in [0.3, 0.4) is 0 Å². The van der Waals surface area contributed by atoms with Gasteiger partial charge in [-0.2, -0.15) is 0 Å². The first kappa shape index (κ1) is 13.9. The normalized spacial score (nSPS) is 20.5. The molecule has 3 rings (SSSR count). The molecule has 1 aromatic rings. The van der Waals surface area contributed by atoms with Gasteiger partial charge in [0, 0.05) is 23.7 Å². The zero-order valence-corrected chi connectivity index (χ0v) is 12.1. The van der Waals surface area contributed by atoms with Gasteiger partial charge in [-0.3, -0.25) is 9.59 Å². The second-order valence-electron chi connectivity index (χ2n) is 5.28. The Morgan fingerprint density at radius 3 is 2.90 bits per heavy atom. The molecule has 1 saturated heterocycles. The van der Waals surface area contributed by atoms with Gasteiger partial charge in [0.2, 0.25) is 5.91 Å². The maximum absolute atomic E-state index is 12.5. The van der Waals surface area contributed by atoms with Crippen LogP contribution in [0.15, 0.2) is 23.8 Å². The Hall–Kier alpha value is -2.01. The lowest BCUT2D eigenvalue weighted by atomic mass is 10.1. The van der Waals surface area contributed by atoms with Gasteiger partial charge in [-0.1, -0.05) is 11.6 Å². The number of carbonyl (C=O) groups excluding carboxylic acids is 2. The smallest absolute Gasteiger partial charge is 0.253 e. The number of fused-ring (bicyclic) bond motifs is 1. The maximum Gasteiger partial charge on any atom is 0.253 e. The van der Waals surface area contributed by atoms with Crippen LogP contribution in [0.5, 0.6) is 5.75 Å². The SMILES string of the molecule is NC(=O)C1CCN(C(=O)C2=Cc3cc(Cl)ccc3OC2)C1. The van der Waals surface area contributed by atoms with Crippen molar-refractivity contribution in [3.05, 3.63) is 34.4 Å². The van der Waals surface area contributed by atoms with Crippen LogP contribution in [0.4, 0.5) is 0 Å². The summed E-state index contributed by atoms with van der Waals surface area (Å²) >= 11 is 5.95. The molecule has 2 aliphatic heterocycles. The van der Waals surface area contributed by atoms with Crippen LogP contribution in [-0.2, 0) is 9.59 Å². The Morgan fingerprint density at radius 2 is 2.19 bits per heavy atom. The van der Waals surface area contributed by atoms with Crippen LogP contribution in [0.2, 0.25) is 5.02 Å². The van der Waals surface area contributed by atoms with Gasteiger partial charge in [0.25, 0.3) is 5.91 Å². The van der Waals surface area contributed by atoms with Crippen LogP contribution in [0.25, 0.3) is 6.08 Å². The fraction of sp³-hybridized carbons (Fsp3) is 0.333. The molecule has 0 aromatic heterocycles. The fourth-order valence-corrected chi connectivity index (χ4v) is 2.83. The van der Waals surface area contributed by atoms with Crippen molar-refractivity contribution >= 4 is 29.5 Å². The van der Waals surface area contributed by atoms with Gasteiger partial charge in [0.15, 0.2) is 0 Å². The Morgan fingerprint density at radius 1 is 1.38 bits per heavy atom. The number of ether oxygens (including phenoxy) is 1. The molecule has 2 heterocycles. The lowest BCUT2D eigenvalue weighted by Gasteiger charge is -2.22. The fourth-order valence-electron chi connectivity index (χ4n) is 2.65. The number of nitrogens with zero attached hydrogens (tertiary/aromatic N) is 1. The number of hydrogen-bond donors (Lipinski definition) is 1. The number of carbonyl (C=O) groups is 2. The minimum absolute atomic E-state index is 0.107. The van der Waals surface area contributed by atoms with E-state index in [1.807, 2.05) is 0 Å². The highest BCUT2D eigenvalue weighted by Gasteiger charge is 2.31. The summed E-state index contributed by atoms with van der Waals surface area (Å²) < 4.78 is 5.58. The van der Waals surface area contributed by atoms with Crippen LogP contribution in [0, 0.1) is 5.92 Å². The molecule has 0 spiro atoms. The molecule has 0 aliphatic carbocycles. The van der Waals surface area contributed by atoms with Gasteiger partial charge in [0.05, 0.1) is 11.5 Å². The molecule has 1 unspecified atom stereocenters. The minimum atomic E-state index is -0.351. The van der Waals surface area contributed by atoms with Crippen molar-refractivity contribution in [1.29, 1.82) is 0 Å². The number of primary amides is 1. The summed E-state index contributed by atoms with van der Waals surface area (Å²) in [4.78, 5) is 25.3. The monoisotopic (exact) mass is 306 g/mol. The van der Waals surface area contributed by atoms with E-state index in [2.05, 4.69) is 0 Å². The van der Waals surface area contributed by atoms with Crippen molar-refractivity contribution in [2.75, 3.05) is 19.7 Å². The summed E-state index contributed by atoms with van der Waals surface area (Å²) in [5.74, 6) is 0.00820. The van der Waals surface area contributed by atoms with Crippen molar-refractivity contribution in [2.24, 2.45) is 11.7 Å². The van der Waals surface area contributed by atoms with E-state index in [0.29, 0.717) is 35.9 Å². The van der Waals surface area contributed by atoms with E-state index in [1.165, 1.54) is 0 Å². The molecule has 1 fully saturated rings. The largest absolute Gasteiger partial charge is 0.488 e. The molecule has 6 heteroatoms. The second-order valence-corrected chi connectivity index (χ2v) is 5.72. The lowest BCUT2D eigenvalue weighted by molar-refractivity contribution is -0.127. The van der Waals surface area contributed by atoms with Gasteiger partial charge in [-0.15, -0.1) is 0 Å². The highest BCUT2D eigenvalue weighted by Crippen LogP contribution is 2.30. The molecule has 110 valence electrons. The van der Waals surface area contributed by atoms with E-state index in [1.54, 1.807) is 29.2 Å². The van der Waals surface area contributed by atoms with Crippen LogP contribution < -0.4 is 10.5 Å². The third kappa shape index (κ3) is 2.74. The Labute approximate surface area is 127 Å². The summed E-state index contributed by atoms with van der Waals surface area (Å²) in [5, 5.41) is 0.595. The van der Waals surface area contributed by atoms with E-state index >= 15 is 0 Å². The molecular formula is C15H15ClN2O3. The van der Waals surface area contributed by atoms with Crippen LogP contribution >= 0.6 is 11.6 Å². The molecule has 1 atom stereocenters. The van der Waals surface area contributed by atoms with Gasteiger partial charge >= 0.3 is 0 Å². The molecule has 1 aromatic carbocycles. The first-order valence-corrected chi connectivity index (χ1v) is 7.14. The average Bonchev–Trinajstić information content (AvgIpc) is 2.95.